The van der Waals surface area contributed by atoms with Gasteiger partial charge in [-0.15, -0.1) is 0 Å². The number of benzene rings is 2. The first kappa shape index (κ1) is 15.6. The predicted octanol–water partition coefficient (Wildman–Crippen LogP) is 3.71. The van der Waals surface area contributed by atoms with E-state index in [2.05, 4.69) is 34.5 Å². The molecule has 3 heteroatoms. The third kappa shape index (κ3) is 4.13. The fourth-order valence-electron chi connectivity index (χ4n) is 3.10. The molecular formula is C20H24N2O. The standard InChI is InChI=1S/C20H24N2O/c1-16(18-7-3-2-4-8-18)21-20(23)15-17-9-11-19(12-10-17)22-13-5-6-14-22/h2-4,7-12,16H,5-6,13-15H2,1H3,(H,21,23). The fourth-order valence-corrected chi connectivity index (χ4v) is 3.10. The Morgan fingerprint density at radius 1 is 1.04 bits per heavy atom. The Balaban J connectivity index is 1.55. The van der Waals surface area contributed by atoms with E-state index in [0.29, 0.717) is 6.42 Å². The Labute approximate surface area is 138 Å². The number of carbonyl (C=O) groups excluding carboxylic acids is 1. The summed E-state index contributed by atoms with van der Waals surface area (Å²) in [6.45, 7) is 4.31. The molecule has 3 rings (SSSR count). The molecule has 120 valence electrons. The maximum Gasteiger partial charge on any atom is 0.224 e. The van der Waals surface area contributed by atoms with Gasteiger partial charge in [0.2, 0.25) is 5.91 Å². The summed E-state index contributed by atoms with van der Waals surface area (Å²) in [6, 6.07) is 18.5. The lowest BCUT2D eigenvalue weighted by molar-refractivity contribution is -0.121. The van der Waals surface area contributed by atoms with Crippen molar-refractivity contribution in [2.75, 3.05) is 18.0 Å². The van der Waals surface area contributed by atoms with Gasteiger partial charge in [0.05, 0.1) is 12.5 Å². The van der Waals surface area contributed by atoms with Gasteiger partial charge >= 0.3 is 0 Å². The van der Waals surface area contributed by atoms with Crippen molar-refractivity contribution in [1.82, 2.24) is 5.32 Å². The summed E-state index contributed by atoms with van der Waals surface area (Å²) in [5.41, 5.74) is 3.46. The molecule has 1 unspecified atom stereocenters. The lowest BCUT2D eigenvalue weighted by Crippen LogP contribution is -2.28. The van der Waals surface area contributed by atoms with E-state index < -0.39 is 0 Å². The largest absolute Gasteiger partial charge is 0.372 e. The average Bonchev–Trinajstić information content (AvgIpc) is 3.11. The Hall–Kier alpha value is -2.29. The van der Waals surface area contributed by atoms with Crippen LogP contribution < -0.4 is 10.2 Å². The Morgan fingerprint density at radius 3 is 2.35 bits per heavy atom. The van der Waals surface area contributed by atoms with E-state index in [0.717, 1.165) is 24.2 Å². The van der Waals surface area contributed by atoms with E-state index in [4.69, 9.17) is 0 Å². The van der Waals surface area contributed by atoms with Crippen LogP contribution in [0.1, 0.15) is 36.9 Å². The van der Waals surface area contributed by atoms with Crippen molar-refractivity contribution in [3.05, 3.63) is 65.7 Å². The van der Waals surface area contributed by atoms with Gasteiger partial charge < -0.3 is 10.2 Å². The summed E-state index contributed by atoms with van der Waals surface area (Å²) in [7, 11) is 0. The monoisotopic (exact) mass is 308 g/mol. The van der Waals surface area contributed by atoms with Crippen molar-refractivity contribution in [3.63, 3.8) is 0 Å². The number of carbonyl (C=O) groups is 1. The Kier molecular flexibility index (Phi) is 4.96. The van der Waals surface area contributed by atoms with Crippen LogP contribution >= 0.6 is 0 Å². The van der Waals surface area contributed by atoms with Crippen molar-refractivity contribution in [3.8, 4) is 0 Å². The first-order chi connectivity index (χ1) is 11.2. The zero-order chi connectivity index (χ0) is 16.1. The van der Waals surface area contributed by atoms with Gasteiger partial charge in [-0.2, -0.15) is 0 Å². The molecule has 2 aromatic carbocycles. The number of nitrogens with one attached hydrogen (secondary N) is 1. The molecule has 0 radical (unpaired) electrons. The third-order valence-corrected chi connectivity index (χ3v) is 4.45. The number of nitrogens with zero attached hydrogens (tertiary/aromatic N) is 1. The van der Waals surface area contributed by atoms with Crippen molar-refractivity contribution in [2.24, 2.45) is 0 Å². The third-order valence-electron chi connectivity index (χ3n) is 4.45. The second-order valence-corrected chi connectivity index (χ2v) is 6.24. The highest BCUT2D eigenvalue weighted by molar-refractivity contribution is 5.79. The maximum absolute atomic E-state index is 12.2. The predicted molar refractivity (Wildman–Crippen MR) is 94.6 cm³/mol. The maximum atomic E-state index is 12.2. The van der Waals surface area contributed by atoms with Gasteiger partial charge in [-0.1, -0.05) is 42.5 Å². The highest BCUT2D eigenvalue weighted by Gasteiger charge is 2.13. The molecule has 0 spiro atoms. The molecule has 1 heterocycles. The van der Waals surface area contributed by atoms with Crippen LogP contribution in [0.4, 0.5) is 5.69 Å². The quantitative estimate of drug-likeness (QED) is 0.913. The molecule has 1 aliphatic heterocycles. The van der Waals surface area contributed by atoms with Gasteiger partial charge in [-0.25, -0.2) is 0 Å². The highest BCUT2D eigenvalue weighted by Crippen LogP contribution is 2.20. The molecule has 2 aromatic rings. The number of anilines is 1. The molecule has 0 aliphatic carbocycles. The minimum atomic E-state index is 0.0348. The van der Waals surface area contributed by atoms with Crippen LogP contribution in [-0.2, 0) is 11.2 Å². The van der Waals surface area contributed by atoms with Crippen LogP contribution in [0, 0.1) is 0 Å². The minimum Gasteiger partial charge on any atom is -0.372 e. The molecular weight excluding hydrogens is 284 g/mol. The molecule has 0 aromatic heterocycles. The topological polar surface area (TPSA) is 32.3 Å². The molecule has 1 fully saturated rings. The summed E-state index contributed by atoms with van der Waals surface area (Å²) >= 11 is 0. The average molecular weight is 308 g/mol. The van der Waals surface area contributed by atoms with Crippen molar-refractivity contribution < 1.29 is 4.79 Å². The zero-order valence-electron chi connectivity index (χ0n) is 13.7. The molecule has 3 nitrogen and oxygen atoms in total. The molecule has 0 bridgehead atoms. The van der Waals surface area contributed by atoms with Crippen molar-refractivity contribution in [1.29, 1.82) is 0 Å². The normalized spacial score (nSPS) is 15.4. The minimum absolute atomic E-state index is 0.0348. The van der Waals surface area contributed by atoms with Crippen LogP contribution in [0.15, 0.2) is 54.6 Å². The second-order valence-electron chi connectivity index (χ2n) is 6.24. The number of amides is 1. The molecule has 1 atom stereocenters. The Morgan fingerprint density at radius 2 is 1.70 bits per heavy atom. The highest BCUT2D eigenvalue weighted by atomic mass is 16.1. The van der Waals surface area contributed by atoms with Gasteiger partial charge in [0.1, 0.15) is 0 Å². The van der Waals surface area contributed by atoms with Crippen LogP contribution in [0.3, 0.4) is 0 Å². The summed E-state index contributed by atoms with van der Waals surface area (Å²) in [5, 5.41) is 3.07. The van der Waals surface area contributed by atoms with Crippen LogP contribution in [-0.4, -0.2) is 19.0 Å². The van der Waals surface area contributed by atoms with E-state index in [1.807, 2.05) is 37.3 Å². The molecule has 1 amide bonds. The summed E-state index contributed by atoms with van der Waals surface area (Å²) in [4.78, 5) is 14.6. The van der Waals surface area contributed by atoms with Gasteiger partial charge in [-0.05, 0) is 43.0 Å². The SMILES string of the molecule is CC(NC(=O)Cc1ccc(N2CCCC2)cc1)c1ccccc1. The number of hydrogen-bond acceptors (Lipinski definition) is 2. The number of hydrogen-bond donors (Lipinski definition) is 1. The second kappa shape index (κ2) is 7.32. The first-order valence-electron chi connectivity index (χ1n) is 8.40. The van der Waals surface area contributed by atoms with Crippen LogP contribution in [0.25, 0.3) is 0 Å². The number of rotatable bonds is 5. The summed E-state index contributed by atoms with van der Waals surface area (Å²) in [6.07, 6.45) is 2.99. The van der Waals surface area contributed by atoms with Gasteiger partial charge in [-0.3, -0.25) is 4.79 Å². The molecule has 1 aliphatic rings. The van der Waals surface area contributed by atoms with Gasteiger partial charge in [0.25, 0.3) is 0 Å². The van der Waals surface area contributed by atoms with E-state index >= 15 is 0 Å². The molecule has 0 saturated carbocycles. The van der Waals surface area contributed by atoms with Crippen molar-refractivity contribution in [2.45, 2.75) is 32.2 Å². The lowest BCUT2D eigenvalue weighted by Gasteiger charge is -2.18. The summed E-state index contributed by atoms with van der Waals surface area (Å²) in [5.74, 6) is 0.0651. The van der Waals surface area contributed by atoms with Gasteiger partial charge in [0, 0.05) is 18.8 Å². The van der Waals surface area contributed by atoms with Crippen LogP contribution in [0.2, 0.25) is 0 Å². The summed E-state index contributed by atoms with van der Waals surface area (Å²) < 4.78 is 0. The first-order valence-corrected chi connectivity index (χ1v) is 8.40. The zero-order valence-corrected chi connectivity index (χ0v) is 13.7. The van der Waals surface area contributed by atoms with Crippen LogP contribution in [0.5, 0.6) is 0 Å². The lowest BCUT2D eigenvalue weighted by atomic mass is 10.1. The smallest absolute Gasteiger partial charge is 0.224 e. The molecule has 1 saturated heterocycles. The fraction of sp³-hybridized carbons (Fsp3) is 0.350. The van der Waals surface area contributed by atoms with E-state index in [1.165, 1.54) is 18.5 Å². The van der Waals surface area contributed by atoms with Gasteiger partial charge in [0.15, 0.2) is 0 Å². The van der Waals surface area contributed by atoms with Crippen molar-refractivity contribution >= 4 is 11.6 Å². The molecule has 23 heavy (non-hydrogen) atoms. The molecule has 1 N–H and O–H groups in total. The van der Waals surface area contributed by atoms with E-state index in [1.54, 1.807) is 0 Å². The van der Waals surface area contributed by atoms with E-state index in [9.17, 15) is 4.79 Å². The van der Waals surface area contributed by atoms with E-state index in [-0.39, 0.29) is 11.9 Å². The Bertz CT molecular complexity index is 630.